The molecule has 56 valence electrons. The SMILES string of the molecule is CC(C)(C)O[SiH2]CCS. The molecule has 0 amide bonds. The molecule has 0 saturated carbocycles. The van der Waals surface area contributed by atoms with Crippen molar-refractivity contribution in [2.24, 2.45) is 0 Å². The summed E-state index contributed by atoms with van der Waals surface area (Å²) in [6.07, 6.45) is 0. The van der Waals surface area contributed by atoms with Gasteiger partial charge in [0.25, 0.3) is 0 Å². The fourth-order valence-electron chi connectivity index (χ4n) is 0.443. The van der Waals surface area contributed by atoms with Gasteiger partial charge in [-0.3, -0.25) is 0 Å². The first-order valence-corrected chi connectivity index (χ1v) is 5.52. The Kier molecular flexibility index (Phi) is 4.61. The fraction of sp³-hybridized carbons (Fsp3) is 1.00. The molecule has 0 aromatic carbocycles. The van der Waals surface area contributed by atoms with Crippen LogP contribution in [0.5, 0.6) is 0 Å². The van der Waals surface area contributed by atoms with Crippen molar-refractivity contribution in [1.82, 2.24) is 0 Å². The Bertz CT molecular complexity index is 69.9. The molecule has 0 fully saturated rings. The second-order valence-electron chi connectivity index (χ2n) is 3.04. The first-order chi connectivity index (χ1) is 4.06. The van der Waals surface area contributed by atoms with Gasteiger partial charge in [-0.1, -0.05) is 0 Å². The topological polar surface area (TPSA) is 9.23 Å². The largest absolute Gasteiger partial charge is 0.419 e. The lowest BCUT2D eigenvalue weighted by atomic mass is 10.2. The van der Waals surface area contributed by atoms with Gasteiger partial charge in [0.2, 0.25) is 0 Å². The molecule has 0 radical (unpaired) electrons. The van der Waals surface area contributed by atoms with Crippen molar-refractivity contribution < 1.29 is 4.43 Å². The number of thiol groups is 1. The van der Waals surface area contributed by atoms with Crippen molar-refractivity contribution >= 4 is 22.4 Å². The van der Waals surface area contributed by atoms with Crippen molar-refractivity contribution in [3.63, 3.8) is 0 Å². The summed E-state index contributed by atoms with van der Waals surface area (Å²) in [5.74, 6) is 0.975. The molecule has 0 aliphatic carbocycles. The fourth-order valence-corrected chi connectivity index (χ4v) is 1.72. The molecule has 0 rings (SSSR count). The third-order valence-corrected chi connectivity index (χ3v) is 3.46. The molecule has 0 aromatic rings. The summed E-state index contributed by atoms with van der Waals surface area (Å²) < 4.78 is 5.56. The Balaban J connectivity index is 3.07. The van der Waals surface area contributed by atoms with Crippen molar-refractivity contribution in [1.29, 1.82) is 0 Å². The zero-order valence-corrected chi connectivity index (χ0v) is 8.79. The number of hydrogen-bond donors (Lipinski definition) is 1. The maximum atomic E-state index is 5.56. The molecule has 3 heteroatoms. The van der Waals surface area contributed by atoms with Gasteiger partial charge in [-0.25, -0.2) is 0 Å². The third kappa shape index (κ3) is 8.53. The van der Waals surface area contributed by atoms with Crippen LogP contribution in [0.4, 0.5) is 0 Å². The lowest BCUT2D eigenvalue weighted by Gasteiger charge is -2.19. The van der Waals surface area contributed by atoms with Crippen molar-refractivity contribution in [2.75, 3.05) is 5.75 Å². The summed E-state index contributed by atoms with van der Waals surface area (Å²) in [5.41, 5.74) is 0.0785. The normalized spacial score (nSPS) is 13.3. The summed E-state index contributed by atoms with van der Waals surface area (Å²) in [7, 11) is -0.269. The molecule has 0 N–H and O–H groups in total. The molecule has 0 spiro atoms. The average Bonchev–Trinajstić information content (AvgIpc) is 1.63. The van der Waals surface area contributed by atoms with E-state index in [1.807, 2.05) is 0 Å². The summed E-state index contributed by atoms with van der Waals surface area (Å²) in [6, 6.07) is 1.18. The van der Waals surface area contributed by atoms with E-state index in [2.05, 4.69) is 33.4 Å². The van der Waals surface area contributed by atoms with Gasteiger partial charge < -0.3 is 4.43 Å². The van der Waals surface area contributed by atoms with E-state index in [0.29, 0.717) is 0 Å². The van der Waals surface area contributed by atoms with Crippen LogP contribution in [0.2, 0.25) is 6.04 Å². The Labute approximate surface area is 65.5 Å². The van der Waals surface area contributed by atoms with Gasteiger partial charge in [0.05, 0.1) is 0 Å². The van der Waals surface area contributed by atoms with Crippen LogP contribution in [0.25, 0.3) is 0 Å². The first kappa shape index (κ1) is 9.53. The van der Waals surface area contributed by atoms with Gasteiger partial charge in [0.15, 0.2) is 9.76 Å². The van der Waals surface area contributed by atoms with E-state index in [4.69, 9.17) is 4.43 Å². The maximum absolute atomic E-state index is 5.56. The Morgan fingerprint density at radius 1 is 1.44 bits per heavy atom. The van der Waals surface area contributed by atoms with Crippen LogP contribution in [-0.4, -0.2) is 21.1 Å². The highest BCUT2D eigenvalue weighted by Gasteiger charge is 2.07. The van der Waals surface area contributed by atoms with Crippen LogP contribution in [-0.2, 0) is 4.43 Å². The predicted molar refractivity (Wildman–Crippen MR) is 48.0 cm³/mol. The summed E-state index contributed by atoms with van der Waals surface area (Å²) in [5, 5.41) is 0. The number of hydrogen-bond acceptors (Lipinski definition) is 2. The second kappa shape index (κ2) is 4.36. The van der Waals surface area contributed by atoms with E-state index in [9.17, 15) is 0 Å². The van der Waals surface area contributed by atoms with Crippen LogP contribution >= 0.6 is 12.6 Å². The Hall–Kier alpha value is 0.527. The minimum atomic E-state index is -0.269. The van der Waals surface area contributed by atoms with E-state index in [1.54, 1.807) is 0 Å². The van der Waals surface area contributed by atoms with Crippen LogP contribution in [0, 0.1) is 0 Å². The zero-order chi connectivity index (χ0) is 7.33. The molecule has 0 aliphatic rings. The quantitative estimate of drug-likeness (QED) is 0.375. The molecule has 0 aromatic heterocycles. The summed E-state index contributed by atoms with van der Waals surface area (Å²) in [6.45, 7) is 6.29. The van der Waals surface area contributed by atoms with Gasteiger partial charge in [0.1, 0.15) is 0 Å². The Morgan fingerprint density at radius 3 is 2.33 bits per heavy atom. The first-order valence-electron chi connectivity index (χ1n) is 3.31. The second-order valence-corrected chi connectivity index (χ2v) is 4.89. The standard InChI is InChI=1S/C6H16OSSi/c1-6(2,3)7-9-5-4-8/h8H,4-5,9H2,1-3H3. The molecule has 0 aliphatic heterocycles. The highest BCUT2D eigenvalue weighted by Crippen LogP contribution is 2.05. The predicted octanol–water partition coefficient (Wildman–Crippen LogP) is 1.23. The van der Waals surface area contributed by atoms with E-state index in [1.165, 1.54) is 6.04 Å². The van der Waals surface area contributed by atoms with Crippen molar-refractivity contribution in [3.8, 4) is 0 Å². The van der Waals surface area contributed by atoms with E-state index >= 15 is 0 Å². The highest BCUT2D eigenvalue weighted by molar-refractivity contribution is 7.80. The summed E-state index contributed by atoms with van der Waals surface area (Å²) >= 11 is 4.10. The van der Waals surface area contributed by atoms with Crippen LogP contribution in [0.1, 0.15) is 20.8 Å². The van der Waals surface area contributed by atoms with Gasteiger partial charge in [-0.15, -0.1) is 0 Å². The minimum absolute atomic E-state index is 0.0785. The molecule has 0 saturated heterocycles. The monoisotopic (exact) mass is 164 g/mol. The molecule has 0 heterocycles. The van der Waals surface area contributed by atoms with Crippen LogP contribution < -0.4 is 0 Å². The molecular weight excluding hydrogens is 148 g/mol. The molecule has 0 unspecified atom stereocenters. The maximum Gasteiger partial charge on any atom is 0.163 e. The van der Waals surface area contributed by atoms with Gasteiger partial charge in [-0.2, -0.15) is 12.6 Å². The minimum Gasteiger partial charge on any atom is -0.419 e. The van der Waals surface area contributed by atoms with Gasteiger partial charge in [0, 0.05) is 5.60 Å². The lowest BCUT2D eigenvalue weighted by molar-refractivity contribution is 0.138. The molecule has 0 atom stereocenters. The smallest absolute Gasteiger partial charge is 0.163 e. The van der Waals surface area contributed by atoms with E-state index in [0.717, 1.165) is 5.75 Å². The molecular formula is C6H16OSSi. The van der Waals surface area contributed by atoms with Gasteiger partial charge in [-0.05, 0) is 32.6 Å². The Morgan fingerprint density at radius 2 is 2.00 bits per heavy atom. The van der Waals surface area contributed by atoms with Crippen LogP contribution in [0.15, 0.2) is 0 Å². The number of rotatable bonds is 3. The van der Waals surface area contributed by atoms with Crippen LogP contribution in [0.3, 0.4) is 0 Å². The zero-order valence-electron chi connectivity index (χ0n) is 6.48. The highest BCUT2D eigenvalue weighted by atomic mass is 32.1. The molecule has 1 nitrogen and oxygen atoms in total. The van der Waals surface area contributed by atoms with Gasteiger partial charge >= 0.3 is 0 Å². The van der Waals surface area contributed by atoms with Crippen molar-refractivity contribution in [2.45, 2.75) is 32.4 Å². The van der Waals surface area contributed by atoms with E-state index in [-0.39, 0.29) is 15.4 Å². The lowest BCUT2D eigenvalue weighted by Crippen LogP contribution is -2.21. The third-order valence-electron chi connectivity index (χ3n) is 0.838. The summed E-state index contributed by atoms with van der Waals surface area (Å²) in [4.78, 5) is 0. The average molecular weight is 164 g/mol. The molecule has 0 bridgehead atoms. The van der Waals surface area contributed by atoms with Crippen molar-refractivity contribution in [3.05, 3.63) is 0 Å². The van der Waals surface area contributed by atoms with E-state index < -0.39 is 0 Å². The molecule has 9 heavy (non-hydrogen) atoms.